The molecule has 3 rings (SSSR count). The fraction of sp³-hybridized carbons (Fsp3) is 0.0769. The minimum atomic E-state index is 0.777. The molecular formula is C13H12N3S+. The second kappa shape index (κ2) is 3.82. The Morgan fingerprint density at radius 2 is 1.76 bits per heavy atom. The van der Waals surface area contributed by atoms with Gasteiger partial charge in [-0.05, 0) is 24.3 Å². The van der Waals surface area contributed by atoms with Crippen LogP contribution in [0.4, 0.5) is 11.4 Å². The Hall–Kier alpha value is -1.94. The lowest BCUT2D eigenvalue weighted by molar-refractivity contribution is 1.49. The Labute approximate surface area is 103 Å². The predicted molar refractivity (Wildman–Crippen MR) is 75.5 cm³/mol. The molecular weight excluding hydrogens is 230 g/mol. The van der Waals surface area contributed by atoms with Crippen LogP contribution in [-0.4, -0.2) is 12.0 Å². The molecule has 0 fully saturated rings. The Morgan fingerprint density at radius 1 is 1.06 bits per heavy atom. The summed E-state index contributed by atoms with van der Waals surface area (Å²) in [4.78, 5) is 4.62. The highest BCUT2D eigenvalue weighted by molar-refractivity contribution is 7.24. The third kappa shape index (κ3) is 1.76. The molecule has 84 valence electrons. The van der Waals surface area contributed by atoms with E-state index in [4.69, 9.17) is 5.73 Å². The summed E-state index contributed by atoms with van der Waals surface area (Å²) in [6.07, 6.45) is 0. The molecule has 3 N–H and O–H groups in total. The van der Waals surface area contributed by atoms with Crippen LogP contribution in [0.3, 0.4) is 0 Å². The van der Waals surface area contributed by atoms with Crippen molar-refractivity contribution in [1.29, 1.82) is 0 Å². The summed E-state index contributed by atoms with van der Waals surface area (Å²) < 4.78 is 2.28. The number of benzene rings is 2. The monoisotopic (exact) mass is 242 g/mol. The third-order valence-corrected chi connectivity index (χ3v) is 3.79. The predicted octanol–water partition coefficient (Wildman–Crippen LogP) is 3.35. The third-order valence-electron chi connectivity index (χ3n) is 2.69. The molecule has 3 aromatic rings. The molecule has 0 bridgehead atoms. The quantitative estimate of drug-likeness (QED) is 0.391. The first-order valence-electron chi connectivity index (χ1n) is 5.37. The highest BCUT2D eigenvalue weighted by Gasteiger charge is 2.12. The van der Waals surface area contributed by atoms with Gasteiger partial charge < -0.3 is 11.1 Å². The molecule has 3 nitrogen and oxygen atoms in total. The van der Waals surface area contributed by atoms with Gasteiger partial charge in [0, 0.05) is 30.6 Å². The number of fused-ring (bicyclic) bond motifs is 2. The fourth-order valence-electron chi connectivity index (χ4n) is 1.80. The van der Waals surface area contributed by atoms with E-state index in [9.17, 15) is 0 Å². The number of nitrogens with one attached hydrogen (secondary N) is 1. The second-order valence-corrected chi connectivity index (χ2v) is 4.96. The van der Waals surface area contributed by atoms with Gasteiger partial charge in [0.25, 0.3) is 9.40 Å². The van der Waals surface area contributed by atoms with Gasteiger partial charge in [-0.15, -0.1) is 0 Å². The lowest BCUT2D eigenvalue weighted by Gasteiger charge is -1.98. The first kappa shape index (κ1) is 10.2. The Bertz CT molecular complexity index is 709. The molecule has 1 aromatic heterocycles. The number of nitrogens with zero attached hydrogens (tertiary/aromatic N) is 1. The molecule has 17 heavy (non-hydrogen) atoms. The largest absolute Gasteiger partial charge is 0.399 e. The van der Waals surface area contributed by atoms with E-state index in [2.05, 4.69) is 16.4 Å². The summed E-state index contributed by atoms with van der Waals surface area (Å²) in [7, 11) is 1.91. The lowest BCUT2D eigenvalue weighted by Crippen LogP contribution is -1.88. The van der Waals surface area contributed by atoms with Crippen molar-refractivity contribution in [2.75, 3.05) is 18.1 Å². The molecule has 0 aliphatic rings. The van der Waals surface area contributed by atoms with Crippen molar-refractivity contribution in [2.24, 2.45) is 0 Å². The SMILES string of the molecule is CNc1ccc2nc3ccc(N)cc3[s+]c2c1. The molecule has 2 aromatic carbocycles. The van der Waals surface area contributed by atoms with Crippen LogP contribution in [0.15, 0.2) is 36.4 Å². The van der Waals surface area contributed by atoms with Crippen LogP contribution in [-0.2, 0) is 0 Å². The highest BCUT2D eigenvalue weighted by atomic mass is 32.1. The zero-order chi connectivity index (χ0) is 11.8. The smallest absolute Gasteiger partial charge is 0.259 e. The minimum absolute atomic E-state index is 0.777. The van der Waals surface area contributed by atoms with Gasteiger partial charge in [-0.25, -0.2) is 4.98 Å². The molecule has 4 heteroatoms. The van der Waals surface area contributed by atoms with Crippen molar-refractivity contribution in [3.63, 3.8) is 0 Å². The van der Waals surface area contributed by atoms with Crippen LogP contribution in [0.1, 0.15) is 0 Å². The van der Waals surface area contributed by atoms with Gasteiger partial charge in [0.15, 0.2) is 0 Å². The van der Waals surface area contributed by atoms with Gasteiger partial charge in [0.2, 0.25) is 11.3 Å². The van der Waals surface area contributed by atoms with Crippen molar-refractivity contribution in [3.05, 3.63) is 36.4 Å². The summed E-state index contributed by atoms with van der Waals surface area (Å²) in [5.41, 5.74) is 9.68. The average Bonchev–Trinajstić information content (AvgIpc) is 2.35. The van der Waals surface area contributed by atoms with E-state index in [-0.39, 0.29) is 0 Å². The summed E-state index contributed by atoms with van der Waals surface area (Å²) in [5.74, 6) is 0. The van der Waals surface area contributed by atoms with Gasteiger partial charge in [-0.2, -0.15) is 0 Å². The van der Waals surface area contributed by atoms with E-state index in [0.717, 1.165) is 31.8 Å². The molecule has 0 aliphatic heterocycles. The molecule has 0 aliphatic carbocycles. The van der Waals surface area contributed by atoms with E-state index in [1.54, 1.807) is 11.3 Å². The summed E-state index contributed by atoms with van der Waals surface area (Å²) in [5, 5.41) is 3.13. The number of aromatic nitrogens is 1. The summed E-state index contributed by atoms with van der Waals surface area (Å²) >= 11 is 1.71. The normalized spacial score (nSPS) is 10.9. The number of hydrogen-bond donors (Lipinski definition) is 2. The Morgan fingerprint density at radius 3 is 2.53 bits per heavy atom. The Kier molecular flexibility index (Phi) is 2.30. The van der Waals surface area contributed by atoms with E-state index >= 15 is 0 Å². The first-order valence-corrected chi connectivity index (χ1v) is 6.19. The van der Waals surface area contributed by atoms with Gasteiger partial charge in [-0.3, -0.25) is 0 Å². The number of hydrogen-bond acceptors (Lipinski definition) is 3. The van der Waals surface area contributed by atoms with Crippen LogP contribution in [0.5, 0.6) is 0 Å². The van der Waals surface area contributed by atoms with Crippen molar-refractivity contribution >= 4 is 43.1 Å². The lowest BCUT2D eigenvalue weighted by atomic mass is 10.3. The Balaban J connectivity index is 2.36. The first-order chi connectivity index (χ1) is 8.26. The van der Waals surface area contributed by atoms with Crippen molar-refractivity contribution in [2.45, 2.75) is 0 Å². The molecule has 0 saturated heterocycles. The minimum Gasteiger partial charge on any atom is -0.399 e. The van der Waals surface area contributed by atoms with E-state index < -0.39 is 0 Å². The molecule has 0 spiro atoms. The van der Waals surface area contributed by atoms with Crippen molar-refractivity contribution in [1.82, 2.24) is 4.98 Å². The number of anilines is 2. The van der Waals surface area contributed by atoms with Crippen molar-refractivity contribution < 1.29 is 0 Å². The summed E-state index contributed by atoms with van der Waals surface area (Å²) in [6, 6.07) is 12.0. The van der Waals surface area contributed by atoms with E-state index in [1.165, 1.54) is 0 Å². The maximum atomic E-state index is 5.79. The van der Waals surface area contributed by atoms with Crippen molar-refractivity contribution in [3.8, 4) is 0 Å². The van der Waals surface area contributed by atoms with Crippen LogP contribution in [0.25, 0.3) is 20.4 Å². The maximum absolute atomic E-state index is 5.79. The number of nitrogen functional groups attached to an aromatic ring is 1. The van der Waals surface area contributed by atoms with Crippen LogP contribution < -0.4 is 11.1 Å². The molecule has 0 unspecified atom stereocenters. The maximum Gasteiger partial charge on any atom is 0.259 e. The number of nitrogens with two attached hydrogens (primary N) is 1. The van der Waals surface area contributed by atoms with Crippen LogP contribution in [0, 0.1) is 0 Å². The topological polar surface area (TPSA) is 50.9 Å². The van der Waals surface area contributed by atoms with E-state index in [0.29, 0.717) is 0 Å². The summed E-state index contributed by atoms with van der Waals surface area (Å²) in [6.45, 7) is 0. The highest BCUT2D eigenvalue weighted by Crippen LogP contribution is 2.28. The molecule has 0 amide bonds. The average molecular weight is 242 g/mol. The van der Waals surface area contributed by atoms with Gasteiger partial charge in [-0.1, -0.05) is 0 Å². The molecule has 0 radical (unpaired) electrons. The van der Waals surface area contributed by atoms with Gasteiger partial charge >= 0.3 is 0 Å². The molecule has 0 saturated carbocycles. The van der Waals surface area contributed by atoms with E-state index in [1.807, 2.05) is 37.4 Å². The number of rotatable bonds is 1. The van der Waals surface area contributed by atoms with Gasteiger partial charge in [0.05, 0.1) is 0 Å². The van der Waals surface area contributed by atoms with Gasteiger partial charge in [0.1, 0.15) is 11.0 Å². The molecule has 0 atom stereocenters. The second-order valence-electron chi connectivity index (χ2n) is 3.87. The fourth-order valence-corrected chi connectivity index (χ4v) is 2.85. The standard InChI is InChI=1S/C13H12N3S/c1-15-9-3-5-11-13(7-9)17-12-6-8(14)2-4-10(12)16-11/h2-7,15H,14H2,1H3/q+1. The van der Waals surface area contributed by atoms with Crippen LogP contribution >= 0.6 is 11.3 Å². The zero-order valence-electron chi connectivity index (χ0n) is 9.40. The zero-order valence-corrected chi connectivity index (χ0v) is 10.2. The molecule has 1 heterocycles. The van der Waals surface area contributed by atoms with Crippen LogP contribution in [0.2, 0.25) is 0 Å².